The molecular formula is C16H18N2OS. The second-order valence-electron chi connectivity index (χ2n) is 5.32. The molecule has 1 aromatic heterocycles. The zero-order chi connectivity index (χ0) is 14.1. The van der Waals surface area contributed by atoms with Crippen molar-refractivity contribution < 1.29 is 4.42 Å². The van der Waals surface area contributed by atoms with Crippen molar-refractivity contribution in [2.45, 2.75) is 32.4 Å². The number of nitrogens with two attached hydrogens (primary N) is 1. The molecule has 0 spiro atoms. The van der Waals surface area contributed by atoms with E-state index in [9.17, 15) is 0 Å². The summed E-state index contributed by atoms with van der Waals surface area (Å²) >= 11 is 5.19. The van der Waals surface area contributed by atoms with Gasteiger partial charge < -0.3 is 15.1 Å². The van der Waals surface area contributed by atoms with Crippen LogP contribution in [0.2, 0.25) is 0 Å². The summed E-state index contributed by atoms with van der Waals surface area (Å²) in [6.45, 7) is 2.85. The van der Waals surface area contributed by atoms with Gasteiger partial charge in [0.05, 0.1) is 12.8 Å². The lowest BCUT2D eigenvalue weighted by molar-refractivity contribution is 0.501. The number of furan rings is 1. The molecule has 0 saturated heterocycles. The predicted molar refractivity (Wildman–Crippen MR) is 85.0 cm³/mol. The summed E-state index contributed by atoms with van der Waals surface area (Å²) in [5.41, 5.74) is 9.16. The minimum absolute atomic E-state index is 0.449. The molecule has 1 aliphatic carbocycles. The Bertz CT molecular complexity index is 617. The molecule has 1 heterocycles. The van der Waals surface area contributed by atoms with Crippen LogP contribution in [0, 0.1) is 6.92 Å². The fourth-order valence-corrected chi connectivity index (χ4v) is 2.63. The van der Waals surface area contributed by atoms with Gasteiger partial charge in [0.25, 0.3) is 0 Å². The highest BCUT2D eigenvalue weighted by molar-refractivity contribution is 7.80. The van der Waals surface area contributed by atoms with E-state index in [1.807, 2.05) is 18.2 Å². The minimum Gasteiger partial charge on any atom is -0.467 e. The van der Waals surface area contributed by atoms with Gasteiger partial charge in [0, 0.05) is 17.3 Å². The molecule has 20 heavy (non-hydrogen) atoms. The maximum absolute atomic E-state index is 5.88. The monoisotopic (exact) mass is 286 g/mol. The van der Waals surface area contributed by atoms with Crippen molar-refractivity contribution in [1.82, 2.24) is 0 Å². The van der Waals surface area contributed by atoms with Gasteiger partial charge in [0.1, 0.15) is 10.7 Å². The van der Waals surface area contributed by atoms with Crippen LogP contribution in [0.25, 0.3) is 0 Å². The van der Waals surface area contributed by atoms with E-state index in [1.54, 1.807) is 6.26 Å². The van der Waals surface area contributed by atoms with E-state index >= 15 is 0 Å². The number of hydrogen-bond acceptors (Lipinski definition) is 3. The van der Waals surface area contributed by atoms with Gasteiger partial charge in [-0.1, -0.05) is 18.3 Å². The molecule has 0 aliphatic heterocycles. The van der Waals surface area contributed by atoms with Crippen LogP contribution in [-0.2, 0) is 6.54 Å². The molecule has 3 rings (SSSR count). The van der Waals surface area contributed by atoms with Gasteiger partial charge in [0.15, 0.2) is 0 Å². The van der Waals surface area contributed by atoms with E-state index in [2.05, 4.69) is 24.0 Å². The standard InChI is InChI=1S/C16H18N2OS/c1-11-4-7-14(16(17)20)15(9-11)18(12-5-6-12)10-13-3-2-8-19-13/h2-4,7-9,12H,5-6,10H2,1H3,(H2,17,20). The first kappa shape index (κ1) is 13.2. The second-order valence-corrected chi connectivity index (χ2v) is 5.76. The molecule has 3 nitrogen and oxygen atoms in total. The molecular weight excluding hydrogens is 268 g/mol. The summed E-state index contributed by atoms with van der Waals surface area (Å²) in [6, 6.07) is 10.7. The zero-order valence-corrected chi connectivity index (χ0v) is 12.3. The van der Waals surface area contributed by atoms with Crippen molar-refractivity contribution in [2.75, 3.05) is 4.90 Å². The third-order valence-electron chi connectivity index (χ3n) is 3.62. The molecule has 2 aromatic rings. The van der Waals surface area contributed by atoms with Gasteiger partial charge in [0.2, 0.25) is 0 Å². The Morgan fingerprint density at radius 1 is 1.40 bits per heavy atom. The molecule has 0 radical (unpaired) electrons. The van der Waals surface area contributed by atoms with E-state index in [0.29, 0.717) is 11.0 Å². The van der Waals surface area contributed by atoms with Crippen LogP contribution < -0.4 is 10.6 Å². The molecule has 4 heteroatoms. The molecule has 1 saturated carbocycles. The van der Waals surface area contributed by atoms with Crippen LogP contribution in [0.3, 0.4) is 0 Å². The molecule has 0 atom stereocenters. The normalized spacial score (nSPS) is 14.2. The number of aryl methyl sites for hydroxylation is 1. The van der Waals surface area contributed by atoms with E-state index in [0.717, 1.165) is 23.6 Å². The van der Waals surface area contributed by atoms with E-state index in [1.165, 1.54) is 18.4 Å². The number of thiocarbonyl (C=S) groups is 1. The summed E-state index contributed by atoms with van der Waals surface area (Å²) < 4.78 is 5.49. The third kappa shape index (κ3) is 2.70. The zero-order valence-electron chi connectivity index (χ0n) is 11.5. The number of hydrogen-bond donors (Lipinski definition) is 1. The van der Waals surface area contributed by atoms with Crippen LogP contribution in [-0.4, -0.2) is 11.0 Å². The van der Waals surface area contributed by atoms with Crippen LogP contribution in [0.15, 0.2) is 41.0 Å². The summed E-state index contributed by atoms with van der Waals surface area (Å²) in [6.07, 6.45) is 4.14. The maximum atomic E-state index is 5.88. The Kier molecular flexibility index (Phi) is 3.49. The summed E-state index contributed by atoms with van der Waals surface area (Å²) in [4.78, 5) is 2.81. The van der Waals surface area contributed by atoms with Crippen molar-refractivity contribution >= 4 is 22.9 Å². The lowest BCUT2D eigenvalue weighted by Crippen LogP contribution is -2.27. The highest BCUT2D eigenvalue weighted by atomic mass is 32.1. The van der Waals surface area contributed by atoms with Crippen molar-refractivity contribution in [3.8, 4) is 0 Å². The first-order valence-electron chi connectivity index (χ1n) is 6.84. The van der Waals surface area contributed by atoms with E-state index in [4.69, 9.17) is 22.4 Å². The molecule has 1 aromatic carbocycles. The third-order valence-corrected chi connectivity index (χ3v) is 3.84. The summed E-state index contributed by atoms with van der Waals surface area (Å²) in [7, 11) is 0. The Morgan fingerprint density at radius 2 is 2.20 bits per heavy atom. The first-order valence-corrected chi connectivity index (χ1v) is 7.25. The van der Waals surface area contributed by atoms with Gasteiger partial charge in [-0.15, -0.1) is 0 Å². The average Bonchev–Trinajstić information content (AvgIpc) is 3.12. The Morgan fingerprint density at radius 3 is 2.80 bits per heavy atom. The maximum Gasteiger partial charge on any atom is 0.123 e. The molecule has 0 unspecified atom stereocenters. The Hall–Kier alpha value is -1.81. The van der Waals surface area contributed by atoms with Crippen LogP contribution in [0.5, 0.6) is 0 Å². The largest absolute Gasteiger partial charge is 0.467 e. The topological polar surface area (TPSA) is 42.4 Å². The number of anilines is 1. The second kappa shape index (κ2) is 5.29. The fourth-order valence-electron chi connectivity index (χ4n) is 2.46. The molecule has 1 fully saturated rings. The van der Waals surface area contributed by atoms with Crippen LogP contribution >= 0.6 is 12.2 Å². The van der Waals surface area contributed by atoms with Gasteiger partial charge in [-0.05, 0) is 49.6 Å². The van der Waals surface area contributed by atoms with Crippen molar-refractivity contribution in [3.05, 3.63) is 53.5 Å². The Labute approximate surface area is 124 Å². The smallest absolute Gasteiger partial charge is 0.123 e. The molecule has 0 bridgehead atoms. The van der Waals surface area contributed by atoms with Gasteiger partial charge in [-0.2, -0.15) is 0 Å². The van der Waals surface area contributed by atoms with Crippen molar-refractivity contribution in [3.63, 3.8) is 0 Å². The van der Waals surface area contributed by atoms with Crippen molar-refractivity contribution in [2.24, 2.45) is 5.73 Å². The van der Waals surface area contributed by atoms with Gasteiger partial charge >= 0.3 is 0 Å². The minimum atomic E-state index is 0.449. The SMILES string of the molecule is Cc1ccc(C(N)=S)c(N(Cc2ccco2)C2CC2)c1. The summed E-state index contributed by atoms with van der Waals surface area (Å²) in [5.74, 6) is 0.965. The molecule has 104 valence electrons. The summed E-state index contributed by atoms with van der Waals surface area (Å²) in [5, 5.41) is 0. The molecule has 2 N–H and O–H groups in total. The fraction of sp³-hybridized carbons (Fsp3) is 0.312. The number of rotatable bonds is 5. The van der Waals surface area contributed by atoms with Gasteiger partial charge in [-0.3, -0.25) is 0 Å². The molecule has 0 amide bonds. The number of nitrogens with zero attached hydrogens (tertiary/aromatic N) is 1. The van der Waals surface area contributed by atoms with E-state index in [-0.39, 0.29) is 0 Å². The Balaban J connectivity index is 1.98. The quantitative estimate of drug-likeness (QED) is 0.856. The lowest BCUT2D eigenvalue weighted by atomic mass is 10.1. The number of benzene rings is 1. The van der Waals surface area contributed by atoms with Gasteiger partial charge in [-0.25, -0.2) is 0 Å². The predicted octanol–water partition coefficient (Wildman–Crippen LogP) is 3.39. The van der Waals surface area contributed by atoms with Crippen LogP contribution in [0.1, 0.15) is 29.7 Å². The highest BCUT2D eigenvalue weighted by Crippen LogP contribution is 2.35. The average molecular weight is 286 g/mol. The van der Waals surface area contributed by atoms with Crippen molar-refractivity contribution in [1.29, 1.82) is 0 Å². The van der Waals surface area contributed by atoms with E-state index < -0.39 is 0 Å². The molecule has 1 aliphatic rings. The first-order chi connectivity index (χ1) is 9.65. The highest BCUT2D eigenvalue weighted by Gasteiger charge is 2.31. The van der Waals surface area contributed by atoms with Crippen LogP contribution in [0.4, 0.5) is 5.69 Å². The lowest BCUT2D eigenvalue weighted by Gasteiger charge is -2.26.